The highest BCUT2D eigenvalue weighted by Gasteiger charge is 2.33. The summed E-state index contributed by atoms with van der Waals surface area (Å²) >= 11 is 1.62. The Bertz CT molecular complexity index is 1330. The summed E-state index contributed by atoms with van der Waals surface area (Å²) in [7, 11) is 0. The molecule has 4 heterocycles. The van der Waals surface area contributed by atoms with E-state index in [9.17, 15) is 14.0 Å². The van der Waals surface area contributed by atoms with Gasteiger partial charge in [0.25, 0.3) is 5.92 Å². The SMILES string of the molecule is O/N=c1/cc(-c2cc3sccc3cn2)oc2ccc(OCCN3CCC(F)(F)CC3)cc12. The maximum absolute atomic E-state index is 13.3. The third-order valence-corrected chi connectivity index (χ3v) is 6.56. The quantitative estimate of drug-likeness (QED) is 0.333. The maximum atomic E-state index is 13.3. The van der Waals surface area contributed by atoms with Gasteiger partial charge in [-0.1, -0.05) is 5.16 Å². The molecule has 1 N–H and O–H groups in total. The van der Waals surface area contributed by atoms with E-state index >= 15 is 0 Å². The minimum atomic E-state index is -2.55. The monoisotopic (exact) mass is 457 g/mol. The zero-order valence-corrected chi connectivity index (χ0v) is 17.9. The lowest BCUT2D eigenvalue weighted by atomic mass is 10.1. The lowest BCUT2D eigenvalue weighted by Gasteiger charge is -2.31. The summed E-state index contributed by atoms with van der Waals surface area (Å²) in [6, 6.07) is 10.9. The molecule has 0 aliphatic carbocycles. The van der Waals surface area contributed by atoms with Crippen LogP contribution in [-0.4, -0.2) is 47.3 Å². The van der Waals surface area contributed by atoms with Crippen molar-refractivity contribution >= 4 is 32.4 Å². The number of thiophene rings is 1. The van der Waals surface area contributed by atoms with Gasteiger partial charge in [-0.2, -0.15) is 0 Å². The summed E-state index contributed by atoms with van der Waals surface area (Å²) in [5, 5.41) is 17.0. The van der Waals surface area contributed by atoms with Crippen LogP contribution >= 0.6 is 11.3 Å². The molecule has 1 aliphatic heterocycles. The molecule has 3 aromatic heterocycles. The minimum absolute atomic E-state index is 0.109. The second-order valence-electron chi connectivity index (χ2n) is 7.83. The number of piperidine rings is 1. The van der Waals surface area contributed by atoms with Crippen molar-refractivity contribution in [1.29, 1.82) is 0 Å². The third kappa shape index (κ3) is 4.31. The number of rotatable bonds is 5. The number of likely N-dealkylation sites (tertiary alicyclic amines) is 1. The normalized spacial score (nSPS) is 17.2. The summed E-state index contributed by atoms with van der Waals surface area (Å²) < 4.78 is 39.5. The fourth-order valence-corrected chi connectivity index (χ4v) is 4.63. The molecule has 0 radical (unpaired) electrons. The predicted octanol–water partition coefficient (Wildman–Crippen LogP) is 5.11. The van der Waals surface area contributed by atoms with E-state index in [4.69, 9.17) is 9.15 Å². The predicted molar refractivity (Wildman–Crippen MR) is 118 cm³/mol. The molecule has 4 aromatic rings. The van der Waals surface area contributed by atoms with Crippen molar-refractivity contribution < 1.29 is 23.1 Å². The molecular formula is C23H21F2N3O3S. The molecule has 1 saturated heterocycles. The van der Waals surface area contributed by atoms with Gasteiger partial charge in [-0.25, -0.2) is 8.78 Å². The first-order chi connectivity index (χ1) is 15.5. The average Bonchev–Trinajstić information content (AvgIpc) is 3.27. The molecule has 1 aliphatic rings. The van der Waals surface area contributed by atoms with E-state index in [1.807, 2.05) is 22.4 Å². The van der Waals surface area contributed by atoms with Crippen molar-refractivity contribution in [1.82, 2.24) is 9.88 Å². The van der Waals surface area contributed by atoms with Gasteiger partial charge in [0, 0.05) is 54.8 Å². The molecule has 32 heavy (non-hydrogen) atoms. The maximum Gasteiger partial charge on any atom is 0.250 e. The number of fused-ring (bicyclic) bond motifs is 2. The summed E-state index contributed by atoms with van der Waals surface area (Å²) in [4.78, 5) is 6.43. The van der Waals surface area contributed by atoms with Crippen molar-refractivity contribution in [3.05, 3.63) is 53.3 Å². The molecule has 0 amide bonds. The Morgan fingerprint density at radius 3 is 2.84 bits per heavy atom. The topological polar surface area (TPSA) is 71.1 Å². The van der Waals surface area contributed by atoms with Crippen LogP contribution in [-0.2, 0) is 0 Å². The van der Waals surface area contributed by atoms with E-state index in [2.05, 4.69) is 10.1 Å². The number of pyridine rings is 1. The van der Waals surface area contributed by atoms with Crippen molar-refractivity contribution in [2.75, 3.05) is 26.2 Å². The van der Waals surface area contributed by atoms with E-state index in [0.29, 0.717) is 59.8 Å². The summed E-state index contributed by atoms with van der Waals surface area (Å²) in [5.74, 6) is -1.46. The zero-order valence-electron chi connectivity index (χ0n) is 17.1. The Kier molecular flexibility index (Phi) is 5.52. The number of hydrogen-bond acceptors (Lipinski definition) is 7. The van der Waals surface area contributed by atoms with Gasteiger partial charge in [0.1, 0.15) is 29.0 Å². The minimum Gasteiger partial charge on any atom is -0.492 e. The number of alkyl halides is 2. The standard InChI is InChI=1S/C23H21F2N3O3S/c24-23(25)4-6-28(7-5-23)8-9-30-16-1-2-20-17(11-16)18(27-29)12-21(31-20)19-13-22-15(14-26-19)3-10-32-22/h1-3,10-14,29H,4-9H2/b27-18-. The molecule has 9 heteroatoms. The van der Waals surface area contributed by atoms with Gasteiger partial charge in [0.15, 0.2) is 5.76 Å². The Balaban J connectivity index is 1.34. The first-order valence-corrected chi connectivity index (χ1v) is 11.2. The first-order valence-electron chi connectivity index (χ1n) is 10.3. The Hall–Kier alpha value is -3.04. The number of hydrogen-bond donors (Lipinski definition) is 1. The van der Waals surface area contributed by atoms with Crippen LogP contribution in [0.4, 0.5) is 8.78 Å². The number of nitrogens with zero attached hydrogens (tertiary/aromatic N) is 3. The first kappa shape index (κ1) is 20.8. The van der Waals surface area contributed by atoms with E-state index < -0.39 is 5.92 Å². The summed E-state index contributed by atoms with van der Waals surface area (Å²) in [6.45, 7) is 1.69. The number of ether oxygens (including phenoxy) is 1. The molecule has 0 atom stereocenters. The van der Waals surface area contributed by atoms with Gasteiger partial charge < -0.3 is 14.4 Å². The van der Waals surface area contributed by atoms with E-state index in [-0.39, 0.29) is 12.8 Å². The fraction of sp³-hybridized carbons (Fsp3) is 0.304. The second kappa shape index (κ2) is 8.48. The molecule has 6 nitrogen and oxygen atoms in total. The number of benzene rings is 1. The highest BCUT2D eigenvalue weighted by atomic mass is 32.1. The zero-order chi connectivity index (χ0) is 22.1. The molecule has 1 fully saturated rings. The molecule has 0 bridgehead atoms. The van der Waals surface area contributed by atoms with E-state index in [1.165, 1.54) is 0 Å². The van der Waals surface area contributed by atoms with Crippen LogP contribution in [0.2, 0.25) is 0 Å². The number of halogens is 2. The van der Waals surface area contributed by atoms with E-state index in [0.717, 1.165) is 10.1 Å². The van der Waals surface area contributed by atoms with Crippen LogP contribution < -0.4 is 10.1 Å². The lowest BCUT2D eigenvalue weighted by Crippen LogP contribution is -2.41. The second-order valence-corrected chi connectivity index (χ2v) is 8.78. The van der Waals surface area contributed by atoms with Gasteiger partial charge in [-0.3, -0.25) is 9.88 Å². The fourth-order valence-electron chi connectivity index (χ4n) is 3.83. The summed E-state index contributed by atoms with van der Waals surface area (Å²) in [6.07, 6.45) is 1.57. The van der Waals surface area contributed by atoms with Crippen LogP contribution in [0.1, 0.15) is 12.8 Å². The smallest absolute Gasteiger partial charge is 0.250 e. The van der Waals surface area contributed by atoms with Crippen LogP contribution in [0.25, 0.3) is 32.5 Å². The van der Waals surface area contributed by atoms with Crippen LogP contribution in [0, 0.1) is 0 Å². The van der Waals surface area contributed by atoms with Crippen molar-refractivity contribution in [2.45, 2.75) is 18.8 Å². The molecule has 1 aromatic carbocycles. The number of aromatic nitrogens is 1. The van der Waals surface area contributed by atoms with Gasteiger partial charge in [0.05, 0.1) is 5.39 Å². The Morgan fingerprint density at radius 1 is 1.19 bits per heavy atom. The van der Waals surface area contributed by atoms with Gasteiger partial charge >= 0.3 is 0 Å². The largest absolute Gasteiger partial charge is 0.492 e. The Morgan fingerprint density at radius 2 is 2.03 bits per heavy atom. The molecular weight excluding hydrogens is 436 g/mol. The van der Waals surface area contributed by atoms with Crippen LogP contribution in [0.3, 0.4) is 0 Å². The van der Waals surface area contributed by atoms with Crippen LogP contribution in [0.5, 0.6) is 5.75 Å². The molecule has 5 rings (SSSR count). The molecule has 0 unspecified atom stereocenters. The van der Waals surface area contributed by atoms with Crippen molar-refractivity contribution in [2.24, 2.45) is 5.16 Å². The highest BCUT2D eigenvalue weighted by Crippen LogP contribution is 2.29. The highest BCUT2D eigenvalue weighted by molar-refractivity contribution is 7.17. The van der Waals surface area contributed by atoms with Gasteiger partial charge in [-0.15, -0.1) is 11.3 Å². The van der Waals surface area contributed by atoms with E-state index in [1.54, 1.807) is 41.8 Å². The summed E-state index contributed by atoms with van der Waals surface area (Å²) in [5.41, 5.74) is 1.19. The molecule has 166 valence electrons. The average molecular weight is 458 g/mol. The van der Waals surface area contributed by atoms with Crippen molar-refractivity contribution in [3.63, 3.8) is 0 Å². The molecule has 0 spiro atoms. The van der Waals surface area contributed by atoms with Crippen LogP contribution in [0.15, 0.2) is 57.5 Å². The van der Waals surface area contributed by atoms with Gasteiger partial charge in [-0.05, 0) is 35.7 Å². The lowest BCUT2D eigenvalue weighted by molar-refractivity contribution is -0.0564. The van der Waals surface area contributed by atoms with Gasteiger partial charge in [0.2, 0.25) is 0 Å². The van der Waals surface area contributed by atoms with Crippen molar-refractivity contribution in [3.8, 4) is 17.2 Å². The third-order valence-electron chi connectivity index (χ3n) is 5.68. The molecule has 0 saturated carbocycles. The Labute approximate surface area is 186 Å².